The van der Waals surface area contributed by atoms with E-state index in [9.17, 15) is 0 Å². The Hall–Kier alpha value is -1.95. The Bertz CT molecular complexity index is 491. The van der Waals surface area contributed by atoms with Crippen molar-refractivity contribution in [2.75, 3.05) is 40.4 Å². The summed E-state index contributed by atoms with van der Waals surface area (Å²) in [6.45, 7) is 8.80. The van der Waals surface area contributed by atoms with Crippen molar-refractivity contribution in [1.82, 2.24) is 10.2 Å². The molecule has 0 heterocycles. The van der Waals surface area contributed by atoms with E-state index in [4.69, 9.17) is 15.2 Å². The average Bonchev–Trinajstić information content (AvgIpc) is 2.58. The van der Waals surface area contributed by atoms with Crippen molar-refractivity contribution in [2.45, 2.75) is 26.8 Å². The van der Waals surface area contributed by atoms with Crippen LogP contribution in [0.15, 0.2) is 23.2 Å². The van der Waals surface area contributed by atoms with Crippen LogP contribution in [0.3, 0.4) is 0 Å². The first-order chi connectivity index (χ1) is 11.1. The Balaban J connectivity index is 2.47. The Labute approximate surface area is 139 Å². The summed E-state index contributed by atoms with van der Waals surface area (Å²) in [5, 5.41) is 3.16. The van der Waals surface area contributed by atoms with E-state index < -0.39 is 0 Å². The van der Waals surface area contributed by atoms with Crippen molar-refractivity contribution in [3.8, 4) is 11.5 Å². The topological polar surface area (TPSA) is 72.1 Å². The van der Waals surface area contributed by atoms with Crippen molar-refractivity contribution in [2.24, 2.45) is 10.7 Å². The number of nitrogens with zero attached hydrogens (tertiary/aromatic N) is 2. The van der Waals surface area contributed by atoms with E-state index in [0.717, 1.165) is 38.2 Å². The molecule has 1 aromatic rings. The third-order valence-corrected chi connectivity index (χ3v) is 3.60. The molecule has 0 fully saturated rings. The SMILES string of the molecule is CCCN(CC)CCNC(N)=NCc1ccc(OC)c(OC)c1. The van der Waals surface area contributed by atoms with Gasteiger partial charge in [0.05, 0.1) is 20.8 Å². The highest BCUT2D eigenvalue weighted by molar-refractivity contribution is 5.77. The minimum absolute atomic E-state index is 0.465. The number of nitrogens with one attached hydrogen (secondary N) is 1. The molecule has 0 aliphatic rings. The second kappa shape index (κ2) is 10.7. The molecule has 0 atom stereocenters. The molecule has 6 heteroatoms. The number of ether oxygens (including phenoxy) is 2. The minimum Gasteiger partial charge on any atom is -0.493 e. The molecule has 0 bridgehead atoms. The maximum Gasteiger partial charge on any atom is 0.188 e. The van der Waals surface area contributed by atoms with Crippen LogP contribution in [0.4, 0.5) is 0 Å². The van der Waals surface area contributed by atoms with Crippen LogP contribution in [0.1, 0.15) is 25.8 Å². The number of aliphatic imine (C=N–C) groups is 1. The van der Waals surface area contributed by atoms with E-state index in [1.54, 1.807) is 14.2 Å². The molecule has 23 heavy (non-hydrogen) atoms. The Morgan fingerprint density at radius 3 is 2.52 bits per heavy atom. The summed E-state index contributed by atoms with van der Waals surface area (Å²) in [4.78, 5) is 6.75. The fourth-order valence-electron chi connectivity index (χ4n) is 2.30. The summed E-state index contributed by atoms with van der Waals surface area (Å²) in [5.74, 6) is 1.87. The van der Waals surface area contributed by atoms with Crippen molar-refractivity contribution >= 4 is 5.96 Å². The van der Waals surface area contributed by atoms with Gasteiger partial charge in [0.25, 0.3) is 0 Å². The van der Waals surface area contributed by atoms with Crippen LogP contribution in [-0.2, 0) is 6.54 Å². The first-order valence-corrected chi connectivity index (χ1v) is 8.11. The molecule has 0 unspecified atom stereocenters. The highest BCUT2D eigenvalue weighted by atomic mass is 16.5. The van der Waals surface area contributed by atoms with Crippen LogP contribution in [0.25, 0.3) is 0 Å². The molecule has 0 saturated carbocycles. The van der Waals surface area contributed by atoms with E-state index in [1.165, 1.54) is 0 Å². The number of likely N-dealkylation sites (N-methyl/N-ethyl adjacent to an activating group) is 1. The number of benzene rings is 1. The van der Waals surface area contributed by atoms with E-state index in [1.807, 2.05) is 18.2 Å². The predicted molar refractivity (Wildman–Crippen MR) is 95.3 cm³/mol. The van der Waals surface area contributed by atoms with Gasteiger partial charge in [-0.15, -0.1) is 0 Å². The van der Waals surface area contributed by atoms with E-state index in [-0.39, 0.29) is 0 Å². The first kappa shape index (κ1) is 19.1. The van der Waals surface area contributed by atoms with Crippen molar-refractivity contribution in [3.05, 3.63) is 23.8 Å². The molecule has 0 aromatic heterocycles. The molecule has 0 aliphatic heterocycles. The van der Waals surface area contributed by atoms with Crippen LogP contribution >= 0.6 is 0 Å². The average molecular weight is 322 g/mol. The quantitative estimate of drug-likeness (QED) is 0.508. The van der Waals surface area contributed by atoms with Gasteiger partial charge in [-0.1, -0.05) is 19.9 Å². The molecule has 1 rings (SSSR count). The number of guanidine groups is 1. The van der Waals surface area contributed by atoms with E-state index >= 15 is 0 Å². The minimum atomic E-state index is 0.465. The van der Waals surface area contributed by atoms with E-state index in [2.05, 4.69) is 29.1 Å². The molecule has 0 spiro atoms. The van der Waals surface area contributed by atoms with Gasteiger partial charge in [-0.2, -0.15) is 0 Å². The highest BCUT2D eigenvalue weighted by Crippen LogP contribution is 2.27. The lowest BCUT2D eigenvalue weighted by Crippen LogP contribution is -2.38. The lowest BCUT2D eigenvalue weighted by molar-refractivity contribution is 0.293. The largest absolute Gasteiger partial charge is 0.493 e. The molecule has 0 amide bonds. The van der Waals surface area contributed by atoms with Gasteiger partial charge >= 0.3 is 0 Å². The number of methoxy groups -OCH3 is 2. The summed E-state index contributed by atoms with van der Waals surface area (Å²) in [7, 11) is 3.24. The summed E-state index contributed by atoms with van der Waals surface area (Å²) < 4.78 is 10.5. The molecule has 130 valence electrons. The number of hydrogen-bond donors (Lipinski definition) is 2. The second-order valence-electron chi connectivity index (χ2n) is 5.25. The summed E-state index contributed by atoms with van der Waals surface area (Å²) >= 11 is 0. The zero-order valence-corrected chi connectivity index (χ0v) is 14.8. The standard InChI is InChI=1S/C17H30N4O2/c1-5-10-21(6-2)11-9-19-17(18)20-13-14-7-8-15(22-3)16(12-14)23-4/h7-8,12H,5-6,9-11,13H2,1-4H3,(H3,18,19,20). The van der Waals surface area contributed by atoms with Crippen LogP contribution in [-0.4, -0.2) is 51.3 Å². The third kappa shape index (κ3) is 6.78. The van der Waals surface area contributed by atoms with Gasteiger partial charge in [0.15, 0.2) is 17.5 Å². The molecular formula is C17H30N4O2. The van der Waals surface area contributed by atoms with Crippen LogP contribution in [0, 0.1) is 0 Å². The first-order valence-electron chi connectivity index (χ1n) is 8.11. The smallest absolute Gasteiger partial charge is 0.188 e. The van der Waals surface area contributed by atoms with Gasteiger partial charge in [-0.3, -0.25) is 0 Å². The van der Waals surface area contributed by atoms with Crippen molar-refractivity contribution in [3.63, 3.8) is 0 Å². The van der Waals surface area contributed by atoms with Gasteiger partial charge in [0, 0.05) is 13.1 Å². The molecular weight excluding hydrogens is 292 g/mol. The fourth-order valence-corrected chi connectivity index (χ4v) is 2.30. The molecule has 0 aliphatic carbocycles. The van der Waals surface area contributed by atoms with Gasteiger partial charge in [0.1, 0.15) is 0 Å². The maximum absolute atomic E-state index is 5.91. The zero-order valence-electron chi connectivity index (χ0n) is 14.8. The second-order valence-corrected chi connectivity index (χ2v) is 5.25. The van der Waals surface area contributed by atoms with Gasteiger partial charge in [-0.05, 0) is 37.2 Å². The van der Waals surface area contributed by atoms with Gasteiger partial charge in [0.2, 0.25) is 0 Å². The number of nitrogens with two attached hydrogens (primary N) is 1. The van der Waals surface area contributed by atoms with Crippen LogP contribution < -0.4 is 20.5 Å². The monoisotopic (exact) mass is 322 g/mol. The third-order valence-electron chi connectivity index (χ3n) is 3.60. The fraction of sp³-hybridized carbons (Fsp3) is 0.588. The molecule has 3 N–H and O–H groups in total. The summed E-state index contributed by atoms with van der Waals surface area (Å²) in [5.41, 5.74) is 6.94. The molecule has 0 radical (unpaired) electrons. The molecule has 6 nitrogen and oxygen atoms in total. The lowest BCUT2D eigenvalue weighted by Gasteiger charge is -2.19. The van der Waals surface area contributed by atoms with Crippen molar-refractivity contribution < 1.29 is 9.47 Å². The number of hydrogen-bond acceptors (Lipinski definition) is 4. The van der Waals surface area contributed by atoms with Gasteiger partial charge in [-0.25, -0.2) is 4.99 Å². The highest BCUT2D eigenvalue weighted by Gasteiger charge is 2.04. The lowest BCUT2D eigenvalue weighted by atomic mass is 10.2. The van der Waals surface area contributed by atoms with Gasteiger partial charge < -0.3 is 25.4 Å². The predicted octanol–water partition coefficient (Wildman–Crippen LogP) is 1.84. The Kier molecular flexibility index (Phi) is 8.90. The molecule has 0 saturated heterocycles. The van der Waals surface area contributed by atoms with Crippen molar-refractivity contribution in [1.29, 1.82) is 0 Å². The summed E-state index contributed by atoms with van der Waals surface area (Å²) in [6.07, 6.45) is 1.16. The van der Waals surface area contributed by atoms with Crippen LogP contribution in [0.5, 0.6) is 11.5 Å². The molecule has 1 aromatic carbocycles. The zero-order chi connectivity index (χ0) is 17.1. The number of rotatable bonds is 10. The van der Waals surface area contributed by atoms with Crippen LogP contribution in [0.2, 0.25) is 0 Å². The van der Waals surface area contributed by atoms with E-state index in [0.29, 0.717) is 24.0 Å². The summed E-state index contributed by atoms with van der Waals surface area (Å²) in [6, 6.07) is 5.74. The Morgan fingerprint density at radius 2 is 1.91 bits per heavy atom. The maximum atomic E-state index is 5.91. The normalized spacial score (nSPS) is 11.6. The Morgan fingerprint density at radius 1 is 1.17 bits per heavy atom.